The zero-order valence-electron chi connectivity index (χ0n) is 18.4. The smallest absolute Gasteiger partial charge is 0.137 e. The van der Waals surface area contributed by atoms with Crippen LogP contribution in [0.25, 0.3) is 11.1 Å². The molecule has 0 bridgehead atoms. The highest BCUT2D eigenvalue weighted by atomic mass is 16.5. The van der Waals surface area contributed by atoms with Gasteiger partial charge in [0.2, 0.25) is 0 Å². The van der Waals surface area contributed by atoms with Crippen molar-refractivity contribution in [2.45, 2.75) is 33.1 Å². The molecule has 6 heteroatoms. The fourth-order valence-corrected chi connectivity index (χ4v) is 3.47. The van der Waals surface area contributed by atoms with Crippen molar-refractivity contribution in [2.24, 2.45) is 5.73 Å². The van der Waals surface area contributed by atoms with E-state index in [0.29, 0.717) is 26.4 Å². The minimum Gasteiger partial charge on any atom is -0.493 e. The number of hydrogen-bond acceptors (Lipinski definition) is 6. The average Bonchev–Trinajstić information content (AvgIpc) is 3.23. The van der Waals surface area contributed by atoms with Crippen LogP contribution in [-0.4, -0.2) is 38.3 Å². The second-order valence-electron chi connectivity index (χ2n) is 7.48. The van der Waals surface area contributed by atoms with Crippen molar-refractivity contribution in [2.75, 3.05) is 33.2 Å². The lowest BCUT2D eigenvalue weighted by atomic mass is 10.00. The van der Waals surface area contributed by atoms with Gasteiger partial charge < -0.3 is 24.5 Å². The SMILES string of the molecule is Cc1cc(-c2ccccc2)cc(C)c1OCCCc1cc(CCOCCOCN)no1. The van der Waals surface area contributed by atoms with E-state index in [-0.39, 0.29) is 6.73 Å². The third kappa shape index (κ3) is 7.21. The molecule has 0 radical (unpaired) electrons. The zero-order chi connectivity index (χ0) is 21.9. The molecule has 0 saturated heterocycles. The molecule has 31 heavy (non-hydrogen) atoms. The van der Waals surface area contributed by atoms with Gasteiger partial charge in [0, 0.05) is 18.9 Å². The summed E-state index contributed by atoms with van der Waals surface area (Å²) in [7, 11) is 0. The number of nitrogens with two attached hydrogens (primary N) is 1. The molecule has 0 amide bonds. The highest BCUT2D eigenvalue weighted by molar-refractivity contribution is 5.67. The van der Waals surface area contributed by atoms with Crippen LogP contribution in [0, 0.1) is 13.8 Å². The van der Waals surface area contributed by atoms with Crippen molar-refractivity contribution in [3.05, 3.63) is 71.1 Å². The van der Waals surface area contributed by atoms with Gasteiger partial charge in [-0.25, -0.2) is 0 Å². The summed E-state index contributed by atoms with van der Waals surface area (Å²) in [4.78, 5) is 0. The van der Waals surface area contributed by atoms with Crippen LogP contribution < -0.4 is 10.5 Å². The Morgan fingerprint density at radius 1 is 0.839 bits per heavy atom. The van der Waals surface area contributed by atoms with Crippen LogP contribution in [0.15, 0.2) is 53.1 Å². The van der Waals surface area contributed by atoms with Crippen LogP contribution in [-0.2, 0) is 22.3 Å². The van der Waals surface area contributed by atoms with Crippen LogP contribution in [0.1, 0.15) is 29.0 Å². The number of hydrogen-bond donors (Lipinski definition) is 1. The van der Waals surface area contributed by atoms with Crippen LogP contribution in [0.4, 0.5) is 0 Å². The van der Waals surface area contributed by atoms with Gasteiger partial charge in [-0.05, 0) is 54.7 Å². The first-order valence-corrected chi connectivity index (χ1v) is 10.8. The van der Waals surface area contributed by atoms with Crippen molar-refractivity contribution in [1.29, 1.82) is 0 Å². The Balaban J connectivity index is 1.41. The van der Waals surface area contributed by atoms with E-state index in [1.54, 1.807) is 0 Å². The molecule has 0 aliphatic rings. The van der Waals surface area contributed by atoms with Crippen molar-refractivity contribution in [1.82, 2.24) is 5.16 Å². The number of benzene rings is 2. The first kappa shape index (κ1) is 23.0. The predicted octanol–water partition coefficient (Wildman–Crippen LogP) is 4.46. The van der Waals surface area contributed by atoms with Gasteiger partial charge in [-0.1, -0.05) is 35.5 Å². The third-order valence-electron chi connectivity index (χ3n) is 4.98. The molecular formula is C25H32N2O4. The lowest BCUT2D eigenvalue weighted by molar-refractivity contribution is 0.0511. The molecule has 2 N–H and O–H groups in total. The summed E-state index contributed by atoms with van der Waals surface area (Å²) in [6.07, 6.45) is 2.37. The summed E-state index contributed by atoms with van der Waals surface area (Å²) < 4.78 is 22.0. The number of rotatable bonds is 13. The molecule has 166 valence electrons. The largest absolute Gasteiger partial charge is 0.493 e. The molecule has 3 aromatic rings. The van der Waals surface area contributed by atoms with E-state index in [1.807, 2.05) is 12.1 Å². The van der Waals surface area contributed by atoms with Gasteiger partial charge in [0.05, 0.1) is 38.9 Å². The van der Waals surface area contributed by atoms with Gasteiger partial charge in [-0.2, -0.15) is 0 Å². The van der Waals surface area contributed by atoms with Crippen molar-refractivity contribution >= 4 is 0 Å². The molecule has 0 aliphatic carbocycles. The maximum absolute atomic E-state index is 6.10. The standard InChI is InChI=1S/C25H32N2O4/c1-19-15-22(21-7-4-3-5-8-21)16-20(2)25(19)30-11-6-9-24-17-23(27-31-24)10-12-28-13-14-29-18-26/h3-5,7-8,15-17H,6,9-14,18,26H2,1-2H3. The Labute approximate surface area is 184 Å². The summed E-state index contributed by atoms with van der Waals surface area (Å²) in [5.74, 6) is 1.84. The first-order chi connectivity index (χ1) is 15.2. The Bertz CT molecular complexity index is 901. The fraction of sp³-hybridized carbons (Fsp3) is 0.400. The predicted molar refractivity (Wildman–Crippen MR) is 121 cm³/mol. The van der Waals surface area contributed by atoms with Crippen LogP contribution in [0.3, 0.4) is 0 Å². The Hall–Kier alpha value is -2.67. The van der Waals surface area contributed by atoms with Gasteiger partial charge in [0.1, 0.15) is 11.5 Å². The monoisotopic (exact) mass is 424 g/mol. The maximum Gasteiger partial charge on any atom is 0.137 e. The lowest BCUT2D eigenvalue weighted by Gasteiger charge is -2.14. The zero-order valence-corrected chi connectivity index (χ0v) is 18.4. The van der Waals surface area contributed by atoms with E-state index in [2.05, 4.69) is 55.4 Å². The van der Waals surface area contributed by atoms with Crippen molar-refractivity contribution in [3.8, 4) is 16.9 Å². The Kier molecular flexibility index (Phi) is 9.09. The van der Waals surface area contributed by atoms with Crippen LogP contribution >= 0.6 is 0 Å². The van der Waals surface area contributed by atoms with Crippen LogP contribution in [0.5, 0.6) is 5.75 Å². The molecule has 0 atom stereocenters. The molecule has 0 aliphatic heterocycles. The van der Waals surface area contributed by atoms with Crippen molar-refractivity contribution < 1.29 is 18.7 Å². The lowest BCUT2D eigenvalue weighted by Crippen LogP contribution is -2.11. The van der Waals surface area contributed by atoms with Gasteiger partial charge in [0.25, 0.3) is 0 Å². The molecular weight excluding hydrogens is 392 g/mol. The number of ether oxygens (including phenoxy) is 3. The average molecular weight is 425 g/mol. The van der Waals surface area contributed by atoms with E-state index >= 15 is 0 Å². The van der Waals surface area contributed by atoms with E-state index in [0.717, 1.165) is 47.6 Å². The van der Waals surface area contributed by atoms with Gasteiger partial charge in [-0.15, -0.1) is 0 Å². The topological polar surface area (TPSA) is 79.7 Å². The molecule has 3 rings (SSSR count). The quantitative estimate of drug-likeness (QED) is 0.322. The molecule has 1 aromatic heterocycles. The summed E-state index contributed by atoms with van der Waals surface area (Å²) >= 11 is 0. The molecule has 0 saturated carbocycles. The van der Waals surface area contributed by atoms with E-state index in [9.17, 15) is 0 Å². The van der Waals surface area contributed by atoms with Crippen LogP contribution in [0.2, 0.25) is 0 Å². The molecule has 0 fully saturated rings. The van der Waals surface area contributed by atoms with Gasteiger partial charge in [0.15, 0.2) is 0 Å². The molecule has 0 spiro atoms. The summed E-state index contributed by atoms with van der Waals surface area (Å²) in [5, 5.41) is 4.11. The van der Waals surface area contributed by atoms with E-state index in [4.69, 9.17) is 24.5 Å². The molecule has 2 aromatic carbocycles. The normalized spacial score (nSPS) is 11.1. The van der Waals surface area contributed by atoms with E-state index < -0.39 is 0 Å². The summed E-state index contributed by atoms with van der Waals surface area (Å²) in [5.41, 5.74) is 10.9. The minimum atomic E-state index is 0.220. The molecule has 1 heterocycles. The number of nitrogens with zero attached hydrogens (tertiary/aromatic N) is 1. The Morgan fingerprint density at radius 2 is 1.58 bits per heavy atom. The van der Waals surface area contributed by atoms with E-state index in [1.165, 1.54) is 11.1 Å². The first-order valence-electron chi connectivity index (χ1n) is 10.8. The highest BCUT2D eigenvalue weighted by Crippen LogP contribution is 2.30. The van der Waals surface area contributed by atoms with Crippen molar-refractivity contribution in [3.63, 3.8) is 0 Å². The fourth-order valence-electron chi connectivity index (χ4n) is 3.47. The van der Waals surface area contributed by atoms with Gasteiger partial charge in [-0.3, -0.25) is 0 Å². The summed E-state index contributed by atoms with van der Waals surface area (Å²) in [6.45, 7) is 6.67. The Morgan fingerprint density at radius 3 is 2.32 bits per heavy atom. The highest BCUT2D eigenvalue weighted by Gasteiger charge is 2.09. The van der Waals surface area contributed by atoms with Gasteiger partial charge >= 0.3 is 0 Å². The second-order valence-corrected chi connectivity index (χ2v) is 7.48. The summed E-state index contributed by atoms with van der Waals surface area (Å²) in [6, 6.07) is 16.8. The third-order valence-corrected chi connectivity index (χ3v) is 4.98. The minimum absolute atomic E-state index is 0.220. The molecule has 0 unspecified atom stereocenters. The number of aromatic nitrogens is 1. The maximum atomic E-state index is 6.10. The second kappa shape index (κ2) is 12.2. The number of aryl methyl sites for hydroxylation is 3. The molecule has 6 nitrogen and oxygen atoms in total.